The highest BCUT2D eigenvalue weighted by molar-refractivity contribution is 7.14. The summed E-state index contributed by atoms with van der Waals surface area (Å²) in [5.41, 5.74) is 15.6. The van der Waals surface area contributed by atoms with Gasteiger partial charge in [-0.15, -0.1) is 22.7 Å². The fraction of sp³-hybridized carbons (Fsp3) is 0.318. The van der Waals surface area contributed by atoms with E-state index in [2.05, 4.69) is 45.4 Å². The van der Waals surface area contributed by atoms with Crippen LogP contribution >= 0.6 is 22.7 Å². The summed E-state index contributed by atoms with van der Waals surface area (Å²) >= 11 is 3.34. The molecule has 0 spiro atoms. The van der Waals surface area contributed by atoms with Gasteiger partial charge in [0.15, 0.2) is 10.3 Å². The average molecular weight is 859 g/mol. The van der Waals surface area contributed by atoms with E-state index >= 15 is 0 Å². The number of carbonyl (C=O) groups excluding carboxylic acids is 1. The maximum absolute atomic E-state index is 13.0. The van der Waals surface area contributed by atoms with Crippen LogP contribution in [0.1, 0.15) is 82.0 Å². The fourth-order valence-electron chi connectivity index (χ4n) is 7.65. The maximum atomic E-state index is 13.0. The molecule has 1 amide bonds. The van der Waals surface area contributed by atoms with Gasteiger partial charge in [-0.2, -0.15) is 0 Å². The van der Waals surface area contributed by atoms with Crippen LogP contribution in [-0.4, -0.2) is 82.2 Å². The van der Waals surface area contributed by atoms with Crippen molar-refractivity contribution in [3.63, 3.8) is 0 Å². The highest BCUT2D eigenvalue weighted by Gasteiger charge is 2.19. The lowest BCUT2D eigenvalue weighted by molar-refractivity contribution is 0.0685. The first-order valence-electron chi connectivity index (χ1n) is 20.5. The molecule has 0 aliphatic carbocycles. The second-order valence-electron chi connectivity index (χ2n) is 15.5. The van der Waals surface area contributed by atoms with Crippen LogP contribution in [0.3, 0.4) is 0 Å². The number of thiazole rings is 2. The summed E-state index contributed by atoms with van der Waals surface area (Å²) < 4.78 is 3.74. The third-order valence-electron chi connectivity index (χ3n) is 10.6. The molecule has 6 N–H and O–H groups in total. The number of nitrogen functional groups attached to an aromatic ring is 1. The minimum atomic E-state index is -0.894. The van der Waals surface area contributed by atoms with Gasteiger partial charge in [0.1, 0.15) is 11.4 Å². The van der Waals surface area contributed by atoms with Crippen molar-refractivity contribution in [3.05, 3.63) is 118 Å². The SMILES string of the molecule is Cc1cc(C(=O)Nc2ccc3nc[nH]c3c2)n(Cc2csc(N3CCCCC3)n2)c1.Cc1cc(C(=O)O)n(Cc2csc(N3CCCCC3)n2)c1.Nc1ccc2nc[nH]c2c1. The van der Waals surface area contributed by atoms with Crippen LogP contribution in [0.5, 0.6) is 0 Å². The zero-order chi connectivity index (χ0) is 42.3. The number of amides is 1. The number of carboxylic acid groups (broad SMARTS) is 1. The topological polar surface area (TPSA) is 192 Å². The summed E-state index contributed by atoms with van der Waals surface area (Å²) in [7, 11) is 0. The molecule has 0 atom stereocenters. The van der Waals surface area contributed by atoms with E-state index in [-0.39, 0.29) is 5.91 Å². The Hall–Kier alpha value is -6.46. The third-order valence-corrected chi connectivity index (χ3v) is 12.5. The predicted molar refractivity (Wildman–Crippen MR) is 244 cm³/mol. The number of fused-ring (bicyclic) bond motifs is 2. The van der Waals surface area contributed by atoms with Crippen molar-refractivity contribution in [1.29, 1.82) is 0 Å². The second kappa shape index (κ2) is 18.9. The molecule has 10 rings (SSSR count). The van der Waals surface area contributed by atoms with Crippen molar-refractivity contribution >= 4 is 78.3 Å². The molecule has 15 nitrogen and oxygen atoms in total. The lowest BCUT2D eigenvalue weighted by Crippen LogP contribution is -2.29. The van der Waals surface area contributed by atoms with Crippen LogP contribution in [0.4, 0.5) is 21.6 Å². The zero-order valence-corrected chi connectivity index (χ0v) is 35.9. The Bertz CT molecular complexity index is 2730. The first-order valence-corrected chi connectivity index (χ1v) is 22.3. The number of nitrogens with zero attached hydrogens (tertiary/aromatic N) is 8. The smallest absolute Gasteiger partial charge is 0.352 e. The molecular formula is C44H50N12O3S2. The largest absolute Gasteiger partial charge is 0.477 e. The predicted octanol–water partition coefficient (Wildman–Crippen LogP) is 8.56. The molecule has 6 aromatic heterocycles. The molecule has 2 aliphatic rings. The Kier molecular flexibility index (Phi) is 12.8. The van der Waals surface area contributed by atoms with Crippen molar-refractivity contribution in [2.24, 2.45) is 0 Å². The molecule has 17 heteroatoms. The minimum Gasteiger partial charge on any atom is -0.477 e. The number of H-pyrrole nitrogens is 2. The minimum absolute atomic E-state index is 0.131. The number of carbonyl (C=O) groups is 2. The van der Waals surface area contributed by atoms with Crippen LogP contribution in [0.25, 0.3) is 22.1 Å². The van der Waals surface area contributed by atoms with Crippen molar-refractivity contribution in [1.82, 2.24) is 39.0 Å². The molecule has 0 bridgehead atoms. The summed E-state index contributed by atoms with van der Waals surface area (Å²) in [6.45, 7) is 9.34. The van der Waals surface area contributed by atoms with Crippen molar-refractivity contribution in [2.45, 2.75) is 65.5 Å². The number of aromatic amines is 2. The molecule has 0 radical (unpaired) electrons. The average Bonchev–Trinajstić information content (AvgIpc) is 4.13. The Labute approximate surface area is 361 Å². The number of aromatic nitrogens is 8. The van der Waals surface area contributed by atoms with Crippen LogP contribution in [0, 0.1) is 13.8 Å². The lowest BCUT2D eigenvalue weighted by Gasteiger charge is -2.25. The number of benzene rings is 2. The summed E-state index contributed by atoms with van der Waals surface area (Å²) in [4.78, 5) is 52.7. The van der Waals surface area contributed by atoms with E-state index in [1.807, 2.05) is 78.7 Å². The van der Waals surface area contributed by atoms with Crippen molar-refractivity contribution in [3.8, 4) is 0 Å². The van der Waals surface area contributed by atoms with E-state index in [4.69, 9.17) is 10.7 Å². The van der Waals surface area contributed by atoms with E-state index in [0.717, 1.165) is 92.4 Å². The molecule has 8 heterocycles. The Morgan fingerprint density at radius 1 is 0.705 bits per heavy atom. The summed E-state index contributed by atoms with van der Waals surface area (Å²) in [5, 5.41) is 18.5. The number of hydrogen-bond donors (Lipinski definition) is 5. The van der Waals surface area contributed by atoms with Crippen LogP contribution in [0.2, 0.25) is 0 Å². The lowest BCUT2D eigenvalue weighted by atomic mass is 10.1. The molecule has 0 unspecified atom stereocenters. The Balaban J connectivity index is 0.000000143. The quantitative estimate of drug-likeness (QED) is 0.0879. The number of rotatable bonds is 9. The van der Waals surface area contributed by atoms with Gasteiger partial charge in [0.2, 0.25) is 0 Å². The van der Waals surface area contributed by atoms with Crippen LogP contribution < -0.4 is 20.9 Å². The van der Waals surface area contributed by atoms with Gasteiger partial charge in [0, 0.05) is 60.7 Å². The van der Waals surface area contributed by atoms with Gasteiger partial charge in [0.05, 0.1) is 59.2 Å². The fourth-order valence-corrected chi connectivity index (χ4v) is 9.39. The van der Waals surface area contributed by atoms with E-state index in [0.29, 0.717) is 24.5 Å². The van der Waals surface area contributed by atoms with Gasteiger partial charge in [0.25, 0.3) is 5.91 Å². The number of piperidine rings is 2. The molecule has 2 aromatic carbocycles. The second-order valence-corrected chi connectivity index (χ2v) is 17.1. The summed E-state index contributed by atoms with van der Waals surface area (Å²) in [6.07, 6.45) is 14.7. The highest BCUT2D eigenvalue weighted by Crippen LogP contribution is 2.27. The standard InChI is InChI=1S/C22H24N6OS.C15H19N3O2S.C7H7N3/c1-15-9-20(21(29)25-16-5-6-18-19(10-16)24-14-23-18)28(11-15)12-17-13-30-22(26-17)27-7-3-2-4-8-27;1-11-7-13(14(19)20)18(8-11)9-12-10-21-15(16-12)17-5-3-2-4-6-17;8-5-1-2-6-7(3-5)10-4-9-6/h5-6,9-11,13-14H,2-4,7-8,12H2,1H3,(H,23,24)(H,25,29);7-8,10H,2-6,9H2,1H3,(H,19,20);1-4H,8H2,(H,9,10). The van der Waals surface area contributed by atoms with Gasteiger partial charge in [-0.05, 0) is 112 Å². The van der Waals surface area contributed by atoms with Crippen molar-refractivity contribution in [2.75, 3.05) is 47.0 Å². The van der Waals surface area contributed by atoms with Gasteiger partial charge in [-0.3, -0.25) is 4.79 Å². The van der Waals surface area contributed by atoms with Gasteiger partial charge in [-0.1, -0.05) is 0 Å². The van der Waals surface area contributed by atoms with E-state index < -0.39 is 5.97 Å². The molecule has 2 saturated heterocycles. The molecule has 316 valence electrons. The molecule has 2 fully saturated rings. The van der Waals surface area contributed by atoms with Gasteiger partial charge in [-0.25, -0.2) is 24.7 Å². The first-order chi connectivity index (χ1) is 29.6. The summed E-state index contributed by atoms with van der Waals surface area (Å²) in [5.74, 6) is -1.02. The maximum Gasteiger partial charge on any atom is 0.352 e. The van der Waals surface area contributed by atoms with Crippen molar-refractivity contribution < 1.29 is 14.7 Å². The number of carboxylic acids is 1. The molecule has 61 heavy (non-hydrogen) atoms. The number of imidazole rings is 2. The van der Waals surface area contributed by atoms with Crippen LogP contribution in [-0.2, 0) is 13.1 Å². The molecular weight excluding hydrogens is 809 g/mol. The summed E-state index contributed by atoms with van der Waals surface area (Å²) in [6, 6.07) is 14.9. The number of aromatic carboxylic acids is 1. The molecule has 0 saturated carbocycles. The first kappa shape index (κ1) is 41.3. The number of aryl methyl sites for hydroxylation is 2. The highest BCUT2D eigenvalue weighted by atomic mass is 32.1. The van der Waals surface area contributed by atoms with Gasteiger partial charge >= 0.3 is 5.97 Å². The number of nitrogens with two attached hydrogens (primary N) is 1. The Morgan fingerprint density at radius 3 is 1.77 bits per heavy atom. The monoisotopic (exact) mass is 858 g/mol. The zero-order valence-electron chi connectivity index (χ0n) is 34.3. The molecule has 2 aliphatic heterocycles. The number of anilines is 4. The normalized spacial score (nSPS) is 14.1. The third kappa shape index (κ3) is 10.3. The van der Waals surface area contributed by atoms with E-state index in [9.17, 15) is 14.7 Å². The van der Waals surface area contributed by atoms with E-state index in [1.54, 1.807) is 46.0 Å². The number of nitrogens with one attached hydrogen (secondary N) is 3. The number of hydrogen-bond acceptors (Lipinski definition) is 11. The van der Waals surface area contributed by atoms with Gasteiger partial charge < -0.3 is 45.1 Å². The Morgan fingerprint density at radius 2 is 1.21 bits per heavy atom. The van der Waals surface area contributed by atoms with E-state index in [1.165, 1.54) is 38.5 Å². The molecule has 8 aromatic rings. The van der Waals surface area contributed by atoms with Crippen LogP contribution in [0.15, 0.2) is 84.3 Å².